The SMILES string of the molecule is CC[C@@H]1C[C@H]1NS(=O)(=O)Cc1nn(C)cc1Br. The smallest absolute Gasteiger partial charge is 0.217 e. The Labute approximate surface area is 110 Å². The van der Waals surface area contributed by atoms with Crippen LogP contribution in [0.3, 0.4) is 0 Å². The van der Waals surface area contributed by atoms with Gasteiger partial charge in [-0.3, -0.25) is 4.68 Å². The first-order valence-corrected chi connectivity index (χ1v) is 8.04. The van der Waals surface area contributed by atoms with Crippen molar-refractivity contribution in [3.05, 3.63) is 16.4 Å². The number of rotatable bonds is 5. The highest BCUT2D eigenvalue weighted by atomic mass is 79.9. The first-order valence-electron chi connectivity index (χ1n) is 5.59. The number of nitrogens with one attached hydrogen (secondary N) is 1. The van der Waals surface area contributed by atoms with Gasteiger partial charge in [0.2, 0.25) is 10.0 Å². The fourth-order valence-electron chi connectivity index (χ4n) is 1.90. The van der Waals surface area contributed by atoms with Crippen LogP contribution in [0.25, 0.3) is 0 Å². The van der Waals surface area contributed by atoms with Crippen LogP contribution in [0.5, 0.6) is 0 Å². The van der Waals surface area contributed by atoms with Gasteiger partial charge in [-0.15, -0.1) is 0 Å². The number of aryl methyl sites for hydroxylation is 1. The molecule has 2 atom stereocenters. The van der Waals surface area contributed by atoms with Crippen LogP contribution in [0.4, 0.5) is 0 Å². The quantitative estimate of drug-likeness (QED) is 0.891. The Balaban J connectivity index is 2.00. The van der Waals surface area contributed by atoms with Crippen molar-refractivity contribution in [2.24, 2.45) is 13.0 Å². The molecular formula is C10H16BrN3O2S. The topological polar surface area (TPSA) is 64.0 Å². The molecule has 0 saturated heterocycles. The van der Waals surface area contributed by atoms with Crippen molar-refractivity contribution in [2.45, 2.75) is 31.6 Å². The fourth-order valence-corrected chi connectivity index (χ4v) is 4.01. The van der Waals surface area contributed by atoms with E-state index in [1.165, 1.54) is 0 Å². The average Bonchev–Trinajstić information content (AvgIpc) is 2.86. The summed E-state index contributed by atoms with van der Waals surface area (Å²) in [6, 6.07) is 0.132. The standard InChI is InChI=1S/C10H16BrN3O2S/c1-3-7-4-9(7)13-17(15,16)6-10-8(11)5-14(2)12-10/h5,7,9,13H,3-4,6H2,1-2H3/t7-,9-/m1/s1. The van der Waals surface area contributed by atoms with Crippen LogP contribution in [0.15, 0.2) is 10.7 Å². The Morgan fingerprint density at radius 3 is 2.82 bits per heavy atom. The van der Waals surface area contributed by atoms with Crippen LogP contribution in [-0.2, 0) is 22.8 Å². The van der Waals surface area contributed by atoms with Crippen LogP contribution in [0.2, 0.25) is 0 Å². The van der Waals surface area contributed by atoms with Gasteiger partial charge in [-0.1, -0.05) is 13.3 Å². The monoisotopic (exact) mass is 321 g/mol. The summed E-state index contributed by atoms with van der Waals surface area (Å²) in [5.41, 5.74) is 0.550. The molecule has 96 valence electrons. The zero-order valence-electron chi connectivity index (χ0n) is 9.85. The first kappa shape index (κ1) is 13.0. The molecule has 2 rings (SSSR count). The van der Waals surface area contributed by atoms with Crippen LogP contribution < -0.4 is 4.72 Å². The second kappa shape index (κ2) is 4.70. The predicted octanol–water partition coefficient (Wildman–Crippen LogP) is 1.40. The highest BCUT2D eigenvalue weighted by Gasteiger charge is 2.38. The lowest BCUT2D eigenvalue weighted by molar-refractivity contribution is 0.573. The summed E-state index contributed by atoms with van der Waals surface area (Å²) in [6.07, 6.45) is 3.73. The van der Waals surface area contributed by atoms with Gasteiger partial charge in [0.25, 0.3) is 0 Å². The van der Waals surface area contributed by atoms with Crippen molar-refractivity contribution in [1.29, 1.82) is 0 Å². The summed E-state index contributed by atoms with van der Waals surface area (Å²) >= 11 is 3.30. The number of sulfonamides is 1. The molecule has 5 nitrogen and oxygen atoms in total. The van der Waals surface area contributed by atoms with Crippen LogP contribution >= 0.6 is 15.9 Å². The Kier molecular flexibility index (Phi) is 3.61. The molecule has 1 aromatic rings. The third-order valence-electron chi connectivity index (χ3n) is 2.96. The summed E-state index contributed by atoms with van der Waals surface area (Å²) in [5, 5.41) is 4.11. The van der Waals surface area contributed by atoms with Crippen molar-refractivity contribution in [3.63, 3.8) is 0 Å². The maximum Gasteiger partial charge on any atom is 0.217 e. The fraction of sp³-hybridized carbons (Fsp3) is 0.700. The van der Waals surface area contributed by atoms with Gasteiger partial charge in [0.1, 0.15) is 5.75 Å². The first-order chi connectivity index (χ1) is 7.91. The molecule has 1 saturated carbocycles. The molecular weight excluding hydrogens is 306 g/mol. The second-order valence-electron chi connectivity index (χ2n) is 4.48. The number of hydrogen-bond acceptors (Lipinski definition) is 3. The van der Waals surface area contributed by atoms with Crippen molar-refractivity contribution < 1.29 is 8.42 Å². The largest absolute Gasteiger partial charge is 0.274 e. The lowest BCUT2D eigenvalue weighted by Crippen LogP contribution is -2.28. The van der Waals surface area contributed by atoms with Gasteiger partial charge >= 0.3 is 0 Å². The van der Waals surface area contributed by atoms with E-state index in [4.69, 9.17) is 0 Å². The second-order valence-corrected chi connectivity index (χ2v) is 7.09. The molecule has 0 bridgehead atoms. The molecule has 1 aliphatic rings. The molecule has 0 unspecified atom stereocenters. The molecule has 1 heterocycles. The number of hydrogen-bond donors (Lipinski definition) is 1. The van der Waals surface area contributed by atoms with E-state index < -0.39 is 10.0 Å². The number of nitrogens with zero attached hydrogens (tertiary/aromatic N) is 2. The molecule has 0 spiro atoms. The summed E-state index contributed by atoms with van der Waals surface area (Å²) in [7, 11) is -1.51. The Hall–Kier alpha value is -0.400. The van der Waals surface area contributed by atoms with E-state index in [1.807, 2.05) is 0 Å². The van der Waals surface area contributed by atoms with E-state index >= 15 is 0 Å². The van der Waals surface area contributed by atoms with Gasteiger partial charge in [0, 0.05) is 19.3 Å². The third-order valence-corrected chi connectivity index (χ3v) is 4.94. The molecule has 7 heteroatoms. The number of aromatic nitrogens is 2. The maximum atomic E-state index is 11.9. The lowest BCUT2D eigenvalue weighted by Gasteiger charge is -2.04. The van der Waals surface area contributed by atoms with Crippen molar-refractivity contribution in [1.82, 2.24) is 14.5 Å². The molecule has 1 fully saturated rings. The van der Waals surface area contributed by atoms with Gasteiger partial charge in [-0.05, 0) is 28.3 Å². The minimum absolute atomic E-state index is 0.0681. The molecule has 17 heavy (non-hydrogen) atoms. The summed E-state index contributed by atoms with van der Waals surface area (Å²) < 4.78 is 28.8. The van der Waals surface area contributed by atoms with Gasteiger partial charge in [0.05, 0.1) is 10.2 Å². The van der Waals surface area contributed by atoms with Crippen LogP contribution in [0, 0.1) is 5.92 Å². The van der Waals surface area contributed by atoms with Crippen molar-refractivity contribution in [3.8, 4) is 0 Å². The minimum Gasteiger partial charge on any atom is -0.274 e. The highest BCUT2D eigenvalue weighted by molar-refractivity contribution is 9.10. The summed E-state index contributed by atoms with van der Waals surface area (Å²) in [5.74, 6) is 0.443. The van der Waals surface area contributed by atoms with Crippen molar-refractivity contribution >= 4 is 26.0 Å². The molecule has 0 aromatic carbocycles. The molecule has 1 aromatic heterocycles. The van der Waals surface area contributed by atoms with Gasteiger partial charge < -0.3 is 0 Å². The highest BCUT2D eigenvalue weighted by Crippen LogP contribution is 2.34. The van der Waals surface area contributed by atoms with Gasteiger partial charge in [-0.2, -0.15) is 5.10 Å². The third kappa shape index (κ3) is 3.29. The molecule has 1 N–H and O–H groups in total. The predicted molar refractivity (Wildman–Crippen MR) is 68.9 cm³/mol. The van der Waals surface area contributed by atoms with E-state index in [9.17, 15) is 8.42 Å². The van der Waals surface area contributed by atoms with E-state index in [0.29, 0.717) is 11.6 Å². The van der Waals surface area contributed by atoms with Crippen LogP contribution in [0.1, 0.15) is 25.5 Å². The normalized spacial score (nSPS) is 23.9. The minimum atomic E-state index is -3.28. The molecule has 1 aliphatic carbocycles. The Bertz CT molecular complexity index is 512. The summed E-state index contributed by atoms with van der Waals surface area (Å²) in [4.78, 5) is 0. The Morgan fingerprint density at radius 2 is 2.35 bits per heavy atom. The number of halogens is 1. The molecule has 0 amide bonds. The van der Waals surface area contributed by atoms with E-state index in [-0.39, 0.29) is 11.8 Å². The maximum absolute atomic E-state index is 11.9. The molecule has 0 aliphatic heterocycles. The lowest BCUT2D eigenvalue weighted by atomic mass is 10.3. The van der Waals surface area contributed by atoms with E-state index in [1.54, 1.807) is 17.9 Å². The van der Waals surface area contributed by atoms with Gasteiger partial charge in [-0.25, -0.2) is 13.1 Å². The van der Waals surface area contributed by atoms with Crippen molar-refractivity contribution in [2.75, 3.05) is 0 Å². The zero-order chi connectivity index (χ0) is 12.6. The van der Waals surface area contributed by atoms with E-state index in [2.05, 4.69) is 32.7 Å². The zero-order valence-corrected chi connectivity index (χ0v) is 12.3. The van der Waals surface area contributed by atoms with Crippen LogP contribution in [-0.4, -0.2) is 24.2 Å². The summed E-state index contributed by atoms with van der Waals surface area (Å²) in [6.45, 7) is 2.08. The molecule has 0 radical (unpaired) electrons. The Morgan fingerprint density at radius 1 is 1.65 bits per heavy atom. The average molecular weight is 322 g/mol. The van der Waals surface area contributed by atoms with E-state index in [0.717, 1.165) is 17.3 Å². The van der Waals surface area contributed by atoms with Gasteiger partial charge in [0.15, 0.2) is 0 Å².